The topological polar surface area (TPSA) is 99.7 Å². The molecule has 0 N–H and O–H groups in total. The van der Waals surface area contributed by atoms with Gasteiger partial charge in [-0.3, -0.25) is 4.90 Å². The molecule has 7 nitrogen and oxygen atoms in total. The Morgan fingerprint density at radius 2 is 1.05 bits per heavy atom. The Balaban J connectivity index is 0. The molecule has 0 heterocycles. The Hall–Kier alpha value is -1.31. The summed E-state index contributed by atoms with van der Waals surface area (Å²) in [4.78, 5) is -1.26. The Bertz CT molecular complexity index is 1250. The zero-order chi connectivity index (χ0) is 33.3. The van der Waals surface area contributed by atoms with Gasteiger partial charge in [-0.05, 0) is 31.3 Å². The molecule has 0 amide bonds. The van der Waals surface area contributed by atoms with Crippen molar-refractivity contribution in [2.45, 2.75) is 68.7 Å². The maximum absolute atomic E-state index is 13.3. The van der Waals surface area contributed by atoms with Crippen LogP contribution < -0.4 is 0 Å². The van der Waals surface area contributed by atoms with Gasteiger partial charge in [-0.25, -0.2) is 16.8 Å². The SMILES string of the molecule is CC(C)[C@H](CN(C[C@H]([N-]S(=O)(=O)C(F)(F)F)C(C)C)CC(F)(F)F)[N-]S(=O)(=O)c1cc(C(F)(F)F)cc(C(F)(F)F)c1.[Al+3].[CH3-]. The largest absolute Gasteiger partial charge is 3.00 e. The van der Waals surface area contributed by atoms with Crippen molar-refractivity contribution in [2.24, 2.45) is 11.8 Å². The molecule has 0 saturated heterocycles. The predicted molar refractivity (Wildman–Crippen MR) is 137 cm³/mol. The molecule has 0 fully saturated rings. The van der Waals surface area contributed by atoms with Crippen LogP contribution in [-0.2, 0) is 32.4 Å². The molecule has 0 saturated carbocycles. The quantitative estimate of drug-likeness (QED) is 0.132. The van der Waals surface area contributed by atoms with Crippen LogP contribution in [0.5, 0.6) is 0 Å². The van der Waals surface area contributed by atoms with Gasteiger partial charge in [-0.1, -0.05) is 39.5 Å². The molecule has 0 aromatic heterocycles. The minimum absolute atomic E-state index is 0. The van der Waals surface area contributed by atoms with Gasteiger partial charge in [0, 0.05) is 4.90 Å². The van der Waals surface area contributed by atoms with Crippen molar-refractivity contribution in [1.29, 1.82) is 0 Å². The fraction of sp³-hybridized carbons (Fsp3) is 0.682. The summed E-state index contributed by atoms with van der Waals surface area (Å²) in [5.41, 5.74) is -9.88. The van der Waals surface area contributed by atoms with Crippen LogP contribution in [0.25, 0.3) is 9.44 Å². The first-order chi connectivity index (χ1) is 18.5. The monoisotopic (exact) mass is 717 g/mol. The molecule has 1 rings (SSSR count). The Kier molecular flexibility index (Phi) is 15.8. The average molecular weight is 718 g/mol. The first-order valence-corrected chi connectivity index (χ1v) is 14.4. The van der Waals surface area contributed by atoms with Gasteiger partial charge < -0.3 is 16.9 Å². The van der Waals surface area contributed by atoms with Crippen molar-refractivity contribution in [3.8, 4) is 0 Å². The first-order valence-electron chi connectivity index (χ1n) is 11.6. The Morgan fingerprint density at radius 3 is 1.34 bits per heavy atom. The molecule has 0 aliphatic carbocycles. The van der Waals surface area contributed by atoms with Crippen LogP contribution in [0.2, 0.25) is 0 Å². The molecular weight excluding hydrogens is 689 g/mol. The van der Waals surface area contributed by atoms with Crippen molar-refractivity contribution in [2.75, 3.05) is 19.6 Å². The van der Waals surface area contributed by atoms with E-state index in [9.17, 15) is 69.5 Å². The summed E-state index contributed by atoms with van der Waals surface area (Å²) in [6.45, 7) is 0.568. The van der Waals surface area contributed by atoms with Gasteiger partial charge in [0.2, 0.25) is 0 Å². The minimum atomic E-state index is -6.16. The fourth-order valence-corrected chi connectivity index (χ4v) is 5.40. The fourth-order valence-electron chi connectivity index (χ4n) is 3.27. The summed E-state index contributed by atoms with van der Waals surface area (Å²) in [5, 5.41) is 0. The molecule has 1 aromatic rings. The van der Waals surface area contributed by atoms with Gasteiger partial charge in [-0.2, -0.15) is 52.7 Å². The molecule has 0 unspecified atom stereocenters. The van der Waals surface area contributed by atoms with E-state index in [0.29, 0.717) is 4.90 Å². The van der Waals surface area contributed by atoms with Crippen LogP contribution in [0.1, 0.15) is 38.8 Å². The molecule has 0 radical (unpaired) electrons. The van der Waals surface area contributed by atoms with Crippen molar-refractivity contribution < 1.29 is 69.5 Å². The van der Waals surface area contributed by atoms with E-state index < -0.39 is 104 Å². The Labute approximate surface area is 258 Å². The van der Waals surface area contributed by atoms with Crippen LogP contribution >= 0.6 is 0 Å². The van der Waals surface area contributed by atoms with Gasteiger partial charge in [0.05, 0.1) is 17.7 Å². The second-order valence-electron chi connectivity index (χ2n) is 9.78. The predicted octanol–water partition coefficient (Wildman–Crippen LogP) is 6.99. The molecule has 254 valence electrons. The average Bonchev–Trinajstić information content (AvgIpc) is 2.74. The Morgan fingerprint density at radius 1 is 0.682 bits per heavy atom. The zero-order valence-electron chi connectivity index (χ0n) is 23.6. The zero-order valence-corrected chi connectivity index (χ0v) is 26.4. The van der Waals surface area contributed by atoms with E-state index in [4.69, 9.17) is 0 Å². The number of sulfonamides is 2. The number of hydrogen-bond acceptors (Lipinski definition) is 5. The number of alkyl halides is 12. The third-order valence-electron chi connectivity index (χ3n) is 5.53. The van der Waals surface area contributed by atoms with Crippen molar-refractivity contribution in [3.63, 3.8) is 0 Å². The van der Waals surface area contributed by atoms with E-state index in [1.807, 2.05) is 0 Å². The molecule has 2 atom stereocenters. The van der Waals surface area contributed by atoms with Crippen LogP contribution in [0.15, 0.2) is 23.1 Å². The summed E-state index contributed by atoms with van der Waals surface area (Å²) in [6, 6.07) is -4.37. The molecule has 0 aliphatic heterocycles. The van der Waals surface area contributed by atoms with E-state index in [0.717, 1.165) is 13.8 Å². The first kappa shape index (κ1) is 44.8. The van der Waals surface area contributed by atoms with E-state index in [-0.39, 0.29) is 43.0 Å². The number of halogens is 12. The minimum Gasteiger partial charge on any atom is -0.541 e. The normalized spacial score (nSPS) is 15.2. The van der Waals surface area contributed by atoms with Gasteiger partial charge in [0.25, 0.3) is 0 Å². The van der Waals surface area contributed by atoms with Crippen LogP contribution in [-0.4, -0.2) is 82.5 Å². The van der Waals surface area contributed by atoms with Crippen molar-refractivity contribution in [1.82, 2.24) is 4.90 Å². The second-order valence-corrected chi connectivity index (χ2v) is 13.0. The van der Waals surface area contributed by atoms with Crippen LogP contribution in [0, 0.1) is 19.3 Å². The second kappa shape index (κ2) is 15.5. The smallest absolute Gasteiger partial charge is 0.541 e. The molecule has 1 aromatic carbocycles. The maximum atomic E-state index is 13.3. The van der Waals surface area contributed by atoms with E-state index >= 15 is 0 Å². The van der Waals surface area contributed by atoms with Crippen LogP contribution in [0.4, 0.5) is 52.7 Å². The van der Waals surface area contributed by atoms with Gasteiger partial charge in [-0.15, -0.1) is 12.1 Å². The van der Waals surface area contributed by atoms with Crippen molar-refractivity contribution >= 4 is 37.4 Å². The van der Waals surface area contributed by atoms with Gasteiger partial charge >= 0.3 is 41.4 Å². The summed E-state index contributed by atoms with van der Waals surface area (Å²) in [5.74, 6) is -2.14. The molecular formula is C22H28AlF12N3O4S2. The molecule has 0 aliphatic rings. The third kappa shape index (κ3) is 13.6. The molecule has 22 heteroatoms. The summed E-state index contributed by atoms with van der Waals surface area (Å²) < 4.78 is 212. The molecule has 0 spiro atoms. The summed E-state index contributed by atoms with van der Waals surface area (Å²) in [6.07, 6.45) is -15.9. The van der Waals surface area contributed by atoms with E-state index in [1.54, 1.807) is 0 Å². The van der Waals surface area contributed by atoms with Gasteiger partial charge in [0.15, 0.2) is 10.0 Å². The van der Waals surface area contributed by atoms with E-state index in [2.05, 4.69) is 9.44 Å². The van der Waals surface area contributed by atoms with E-state index in [1.165, 1.54) is 13.8 Å². The molecule has 44 heavy (non-hydrogen) atoms. The number of rotatable bonds is 12. The van der Waals surface area contributed by atoms with Crippen LogP contribution in [0.3, 0.4) is 0 Å². The van der Waals surface area contributed by atoms with Gasteiger partial charge in [0.1, 0.15) is 10.0 Å². The number of benzene rings is 1. The number of hydrogen-bond donors (Lipinski definition) is 0. The standard InChI is InChI=1S/C21H25F12N3O4S2.CH3.Al/c1-11(2)16(34-41(37,38)15-6-13(19(25,26)27)5-14(7-15)20(28,29)30)8-36(10-18(22,23)24)9-17(12(3)4)35-42(39,40)21(31,32)33;;/h5-7,11-12,16-17H,8-10H2,1-4H3;1H3;/q-2;-1;+3/t16-,17-;;/m0../s1. The summed E-state index contributed by atoms with van der Waals surface area (Å²) in [7, 11) is -11.6. The van der Waals surface area contributed by atoms with Crippen molar-refractivity contribution in [3.05, 3.63) is 46.2 Å². The summed E-state index contributed by atoms with van der Waals surface area (Å²) >= 11 is 0. The number of nitrogens with zero attached hydrogens (tertiary/aromatic N) is 3. The molecule has 0 bridgehead atoms. The maximum Gasteiger partial charge on any atom is 3.00 e. The third-order valence-corrected chi connectivity index (χ3v) is 8.05.